The molecule has 0 spiro atoms. The lowest BCUT2D eigenvalue weighted by molar-refractivity contribution is -0.140. The van der Waals surface area contributed by atoms with E-state index in [9.17, 15) is 14.4 Å². The average molecular weight is 357 g/mol. The summed E-state index contributed by atoms with van der Waals surface area (Å²) < 4.78 is 1.01. The van der Waals surface area contributed by atoms with Gasteiger partial charge in [-0.25, -0.2) is 4.98 Å². The zero-order chi connectivity index (χ0) is 17.4. The third-order valence-electron chi connectivity index (χ3n) is 5.04. The third-order valence-corrected chi connectivity index (χ3v) is 5.99. The molecule has 0 unspecified atom stereocenters. The van der Waals surface area contributed by atoms with Crippen LogP contribution in [-0.4, -0.2) is 34.2 Å². The molecule has 2 aromatic rings. The quantitative estimate of drug-likeness (QED) is 0.854. The summed E-state index contributed by atoms with van der Waals surface area (Å²) in [4.78, 5) is 42.6. The highest BCUT2D eigenvalue weighted by molar-refractivity contribution is 7.22. The lowest BCUT2D eigenvalue weighted by Crippen LogP contribution is -2.34. The van der Waals surface area contributed by atoms with Crippen molar-refractivity contribution < 1.29 is 14.4 Å². The molecule has 6 nitrogen and oxygen atoms in total. The predicted octanol–water partition coefficient (Wildman–Crippen LogP) is 2.80. The van der Waals surface area contributed by atoms with E-state index in [0.717, 1.165) is 35.9 Å². The molecule has 1 saturated heterocycles. The van der Waals surface area contributed by atoms with Crippen LogP contribution in [0.3, 0.4) is 0 Å². The van der Waals surface area contributed by atoms with E-state index in [1.54, 1.807) is 0 Å². The maximum Gasteiger partial charge on any atom is 0.233 e. The third kappa shape index (κ3) is 3.04. The molecular formula is C18H19N3O3S. The average Bonchev–Trinajstić information content (AvgIpc) is 3.13. The highest BCUT2D eigenvalue weighted by atomic mass is 32.1. The van der Waals surface area contributed by atoms with Gasteiger partial charge in [-0.05, 0) is 25.0 Å². The number of nitrogens with zero attached hydrogens (tertiary/aromatic N) is 2. The van der Waals surface area contributed by atoms with Gasteiger partial charge in [0.1, 0.15) is 0 Å². The van der Waals surface area contributed by atoms with E-state index >= 15 is 0 Å². The van der Waals surface area contributed by atoms with Gasteiger partial charge in [-0.3, -0.25) is 19.3 Å². The Morgan fingerprint density at radius 1 is 1.16 bits per heavy atom. The maximum absolute atomic E-state index is 12.4. The lowest BCUT2D eigenvalue weighted by atomic mass is 9.81. The Bertz CT molecular complexity index is 790. The molecular weight excluding hydrogens is 338 g/mol. The number of carbonyl (C=O) groups is 3. The first-order valence-electron chi connectivity index (χ1n) is 8.64. The van der Waals surface area contributed by atoms with Crippen LogP contribution in [0.4, 0.5) is 5.13 Å². The van der Waals surface area contributed by atoms with E-state index < -0.39 is 0 Å². The van der Waals surface area contributed by atoms with Crippen LogP contribution in [0.25, 0.3) is 10.2 Å². The van der Waals surface area contributed by atoms with Crippen molar-refractivity contribution in [2.45, 2.75) is 32.1 Å². The van der Waals surface area contributed by atoms with Crippen LogP contribution < -0.4 is 5.32 Å². The van der Waals surface area contributed by atoms with Gasteiger partial charge in [0.2, 0.25) is 17.7 Å². The van der Waals surface area contributed by atoms with Crippen LogP contribution in [0, 0.1) is 11.8 Å². The van der Waals surface area contributed by atoms with E-state index in [1.807, 2.05) is 24.3 Å². The van der Waals surface area contributed by atoms with Crippen molar-refractivity contribution in [1.82, 2.24) is 9.88 Å². The SMILES string of the molecule is O=C(CCN1C(=O)[C@H]2CCCC[C@@H]2C1=O)Nc1nc2ccccc2s1. The molecule has 0 radical (unpaired) electrons. The fourth-order valence-corrected chi connectivity index (χ4v) is 4.65. The van der Waals surface area contributed by atoms with Gasteiger partial charge in [-0.2, -0.15) is 0 Å². The number of nitrogens with one attached hydrogen (secondary N) is 1. The van der Waals surface area contributed by atoms with Crippen molar-refractivity contribution in [2.75, 3.05) is 11.9 Å². The fraction of sp³-hybridized carbons (Fsp3) is 0.444. The zero-order valence-electron chi connectivity index (χ0n) is 13.7. The molecule has 1 aromatic carbocycles. The molecule has 4 rings (SSSR count). The molecule has 1 saturated carbocycles. The molecule has 2 atom stereocenters. The van der Waals surface area contributed by atoms with Gasteiger partial charge in [0.05, 0.1) is 22.1 Å². The van der Waals surface area contributed by atoms with Crippen LogP contribution >= 0.6 is 11.3 Å². The predicted molar refractivity (Wildman–Crippen MR) is 95.0 cm³/mol. The lowest BCUT2D eigenvalue weighted by Gasteiger charge is -2.19. The summed E-state index contributed by atoms with van der Waals surface area (Å²) in [7, 11) is 0. The first kappa shape index (κ1) is 16.2. The fourth-order valence-electron chi connectivity index (χ4n) is 3.77. The van der Waals surface area contributed by atoms with Crippen LogP contribution in [-0.2, 0) is 14.4 Å². The van der Waals surface area contributed by atoms with E-state index in [0.29, 0.717) is 5.13 Å². The Morgan fingerprint density at radius 2 is 1.84 bits per heavy atom. The van der Waals surface area contributed by atoms with Crippen LogP contribution in [0.15, 0.2) is 24.3 Å². The number of benzene rings is 1. The van der Waals surface area contributed by atoms with Crippen molar-refractivity contribution in [2.24, 2.45) is 11.8 Å². The van der Waals surface area contributed by atoms with Crippen LogP contribution in [0.1, 0.15) is 32.1 Å². The van der Waals surface area contributed by atoms with Crippen LogP contribution in [0.2, 0.25) is 0 Å². The number of likely N-dealkylation sites (tertiary alicyclic amines) is 1. The van der Waals surface area contributed by atoms with Crippen molar-refractivity contribution in [3.8, 4) is 0 Å². The Hall–Kier alpha value is -2.28. The first-order valence-corrected chi connectivity index (χ1v) is 9.46. The molecule has 2 heterocycles. The second-order valence-electron chi connectivity index (χ2n) is 6.61. The summed E-state index contributed by atoms with van der Waals surface area (Å²) in [6.07, 6.45) is 3.71. The number of aromatic nitrogens is 1. The maximum atomic E-state index is 12.4. The Labute approximate surface area is 149 Å². The molecule has 7 heteroatoms. The van der Waals surface area contributed by atoms with Gasteiger partial charge < -0.3 is 5.32 Å². The summed E-state index contributed by atoms with van der Waals surface area (Å²) in [6.45, 7) is 0.154. The van der Waals surface area contributed by atoms with E-state index in [4.69, 9.17) is 0 Å². The number of hydrogen-bond donors (Lipinski definition) is 1. The minimum absolute atomic E-state index is 0.0949. The highest BCUT2D eigenvalue weighted by Crippen LogP contribution is 2.38. The molecule has 1 aliphatic carbocycles. The van der Waals surface area contributed by atoms with Gasteiger partial charge in [0.15, 0.2) is 5.13 Å². The second-order valence-corrected chi connectivity index (χ2v) is 7.64. The van der Waals surface area contributed by atoms with Gasteiger partial charge in [0, 0.05) is 13.0 Å². The van der Waals surface area contributed by atoms with Gasteiger partial charge in [-0.1, -0.05) is 36.3 Å². The first-order chi connectivity index (χ1) is 12.1. The van der Waals surface area contributed by atoms with Crippen LogP contribution in [0.5, 0.6) is 0 Å². The summed E-state index contributed by atoms with van der Waals surface area (Å²) >= 11 is 1.41. The van der Waals surface area contributed by atoms with Crippen molar-refractivity contribution in [1.29, 1.82) is 0 Å². The standard InChI is InChI=1S/C18H19N3O3S/c22-15(20-18-19-13-7-3-4-8-14(13)25-18)9-10-21-16(23)11-5-1-2-6-12(11)17(21)24/h3-4,7-8,11-12H,1-2,5-6,9-10H2,(H,19,20,22)/t11-,12-/m0/s1. The van der Waals surface area contributed by atoms with E-state index in [-0.39, 0.29) is 42.5 Å². The van der Waals surface area contributed by atoms with E-state index in [1.165, 1.54) is 16.2 Å². The molecule has 1 aliphatic heterocycles. The summed E-state index contributed by atoms with van der Waals surface area (Å²) in [5.74, 6) is -0.735. The number of imide groups is 1. The van der Waals surface area contributed by atoms with Gasteiger partial charge in [0.25, 0.3) is 0 Å². The normalized spacial score (nSPS) is 23.1. The number of rotatable bonds is 4. The summed E-state index contributed by atoms with van der Waals surface area (Å²) in [6, 6.07) is 7.67. The molecule has 1 aromatic heterocycles. The van der Waals surface area contributed by atoms with E-state index in [2.05, 4.69) is 10.3 Å². The Morgan fingerprint density at radius 3 is 2.52 bits per heavy atom. The molecule has 0 bridgehead atoms. The minimum Gasteiger partial charge on any atom is -0.302 e. The second kappa shape index (κ2) is 6.55. The number of para-hydroxylation sites is 1. The van der Waals surface area contributed by atoms with Crippen molar-refractivity contribution >= 4 is 44.4 Å². The van der Waals surface area contributed by atoms with Crippen molar-refractivity contribution in [3.05, 3.63) is 24.3 Å². The number of thiazole rings is 1. The minimum atomic E-state index is -0.227. The molecule has 3 amide bonds. The Kier molecular flexibility index (Phi) is 4.25. The molecule has 25 heavy (non-hydrogen) atoms. The monoisotopic (exact) mass is 357 g/mol. The number of fused-ring (bicyclic) bond motifs is 2. The largest absolute Gasteiger partial charge is 0.302 e. The number of hydrogen-bond acceptors (Lipinski definition) is 5. The summed E-state index contributed by atoms with van der Waals surface area (Å²) in [5, 5.41) is 3.31. The van der Waals surface area contributed by atoms with Gasteiger partial charge in [-0.15, -0.1) is 0 Å². The zero-order valence-corrected chi connectivity index (χ0v) is 14.6. The smallest absolute Gasteiger partial charge is 0.233 e. The summed E-state index contributed by atoms with van der Waals surface area (Å²) in [5.41, 5.74) is 0.844. The topological polar surface area (TPSA) is 79.4 Å². The Balaban J connectivity index is 1.37. The number of carbonyl (C=O) groups excluding carboxylic acids is 3. The number of anilines is 1. The molecule has 1 N–H and O–H groups in total. The molecule has 2 fully saturated rings. The number of amides is 3. The van der Waals surface area contributed by atoms with Crippen molar-refractivity contribution in [3.63, 3.8) is 0 Å². The molecule has 130 valence electrons. The van der Waals surface area contributed by atoms with Gasteiger partial charge >= 0.3 is 0 Å². The molecule has 2 aliphatic rings. The highest BCUT2D eigenvalue weighted by Gasteiger charge is 2.47.